The van der Waals surface area contributed by atoms with E-state index in [0.717, 1.165) is 11.1 Å². The summed E-state index contributed by atoms with van der Waals surface area (Å²) in [5.41, 5.74) is 3.09. The first-order valence-corrected chi connectivity index (χ1v) is 10.9. The Labute approximate surface area is 190 Å². The zero-order valence-corrected chi connectivity index (χ0v) is 18.8. The lowest BCUT2D eigenvalue weighted by Gasteiger charge is -2.32. The van der Waals surface area contributed by atoms with Gasteiger partial charge in [-0.3, -0.25) is 19.0 Å². The van der Waals surface area contributed by atoms with Crippen LogP contribution in [-0.4, -0.2) is 60.4 Å². The second kappa shape index (κ2) is 8.19. The molecule has 0 unspecified atom stereocenters. The van der Waals surface area contributed by atoms with Crippen LogP contribution in [0, 0.1) is 6.92 Å². The molecule has 5 rings (SSSR count). The molecule has 5 heterocycles. The molecule has 1 N–H and O–H groups in total. The number of amides is 2. The number of aryl methyl sites for hydroxylation is 3. The number of aromatic nitrogens is 5. The van der Waals surface area contributed by atoms with Gasteiger partial charge in [0.25, 0.3) is 11.8 Å². The van der Waals surface area contributed by atoms with Gasteiger partial charge in [-0.15, -0.1) is 0 Å². The van der Waals surface area contributed by atoms with Gasteiger partial charge < -0.3 is 14.6 Å². The average molecular weight is 447 g/mol. The lowest BCUT2D eigenvalue weighted by molar-refractivity contribution is 0.0700. The first-order chi connectivity index (χ1) is 15.9. The highest BCUT2D eigenvalue weighted by atomic mass is 16.3. The second-order valence-electron chi connectivity index (χ2n) is 8.38. The summed E-state index contributed by atoms with van der Waals surface area (Å²) >= 11 is 0. The van der Waals surface area contributed by atoms with Crippen molar-refractivity contribution < 1.29 is 14.0 Å². The van der Waals surface area contributed by atoms with Crippen molar-refractivity contribution >= 4 is 22.8 Å². The number of furan rings is 1. The molecule has 2 amide bonds. The Morgan fingerprint density at radius 2 is 2.00 bits per heavy atom. The van der Waals surface area contributed by atoms with Gasteiger partial charge in [0.15, 0.2) is 11.4 Å². The number of nitrogens with zero attached hydrogens (tertiary/aromatic N) is 6. The predicted molar refractivity (Wildman–Crippen MR) is 121 cm³/mol. The van der Waals surface area contributed by atoms with Crippen molar-refractivity contribution in [3.8, 4) is 11.5 Å². The van der Waals surface area contributed by atoms with Crippen LogP contribution in [0.15, 0.2) is 41.3 Å². The van der Waals surface area contributed by atoms with Crippen molar-refractivity contribution in [2.75, 3.05) is 13.1 Å². The van der Waals surface area contributed by atoms with Gasteiger partial charge >= 0.3 is 0 Å². The minimum Gasteiger partial charge on any atom is -0.463 e. The Kier molecular flexibility index (Phi) is 5.20. The average Bonchev–Trinajstić information content (AvgIpc) is 3.55. The predicted octanol–water partition coefficient (Wildman–Crippen LogP) is 2.30. The van der Waals surface area contributed by atoms with Gasteiger partial charge in [0.05, 0.1) is 34.7 Å². The van der Waals surface area contributed by atoms with Gasteiger partial charge in [-0.1, -0.05) is 0 Å². The van der Waals surface area contributed by atoms with Crippen molar-refractivity contribution in [3.63, 3.8) is 0 Å². The number of hydrogen-bond acceptors (Lipinski definition) is 6. The van der Waals surface area contributed by atoms with Crippen LogP contribution in [0.2, 0.25) is 0 Å². The van der Waals surface area contributed by atoms with E-state index >= 15 is 0 Å². The van der Waals surface area contributed by atoms with Crippen molar-refractivity contribution in [2.24, 2.45) is 14.1 Å². The van der Waals surface area contributed by atoms with Gasteiger partial charge in [-0.05, 0) is 38.0 Å². The number of pyridine rings is 1. The standard InChI is InChI=1S/C23H25N7O3/c1-14-20-17(11-18(19-5-4-10-33-19)26-21(20)29(3)27-14)23(32)30-8-6-16(7-9-30)25-22(31)15-12-24-28(2)13-15/h4-5,10-13,16H,6-9H2,1-3H3,(H,25,31). The SMILES string of the molecule is Cc1nn(C)c2nc(-c3ccco3)cc(C(=O)N3CCC(NC(=O)c4cnn(C)c4)CC3)c12. The molecule has 4 aromatic heterocycles. The van der Waals surface area contributed by atoms with E-state index in [1.807, 2.05) is 24.9 Å². The lowest BCUT2D eigenvalue weighted by atomic mass is 10.0. The van der Waals surface area contributed by atoms with E-state index in [0.29, 0.717) is 54.2 Å². The number of carbonyl (C=O) groups excluding carboxylic acids is 2. The Morgan fingerprint density at radius 3 is 2.67 bits per heavy atom. The summed E-state index contributed by atoms with van der Waals surface area (Å²) in [6.45, 7) is 2.99. The molecule has 1 aliphatic rings. The molecule has 0 aromatic carbocycles. The van der Waals surface area contributed by atoms with Gasteiger partial charge in [-0.2, -0.15) is 10.2 Å². The Morgan fingerprint density at radius 1 is 1.21 bits per heavy atom. The van der Waals surface area contributed by atoms with Gasteiger partial charge in [0.1, 0.15) is 5.69 Å². The molecule has 10 heteroatoms. The number of hydrogen-bond donors (Lipinski definition) is 1. The fourth-order valence-corrected chi connectivity index (χ4v) is 4.37. The zero-order valence-electron chi connectivity index (χ0n) is 18.8. The van der Waals surface area contributed by atoms with Crippen molar-refractivity contribution in [3.05, 3.63) is 53.7 Å². The fourth-order valence-electron chi connectivity index (χ4n) is 4.37. The van der Waals surface area contributed by atoms with Crippen LogP contribution in [-0.2, 0) is 14.1 Å². The van der Waals surface area contributed by atoms with Crippen LogP contribution in [0.3, 0.4) is 0 Å². The van der Waals surface area contributed by atoms with E-state index in [9.17, 15) is 9.59 Å². The summed E-state index contributed by atoms with van der Waals surface area (Å²) in [7, 11) is 3.59. The Bertz CT molecular complexity index is 1330. The van der Waals surface area contributed by atoms with Gasteiger partial charge in [0.2, 0.25) is 0 Å². The minimum absolute atomic E-state index is 0.0121. The quantitative estimate of drug-likeness (QED) is 0.514. The van der Waals surface area contributed by atoms with Crippen molar-refractivity contribution in [1.82, 2.24) is 34.8 Å². The summed E-state index contributed by atoms with van der Waals surface area (Å²) < 4.78 is 8.81. The van der Waals surface area contributed by atoms with E-state index in [4.69, 9.17) is 4.42 Å². The maximum Gasteiger partial charge on any atom is 0.254 e. The normalized spacial score (nSPS) is 14.7. The van der Waals surface area contributed by atoms with E-state index in [1.54, 1.807) is 47.2 Å². The van der Waals surface area contributed by atoms with Crippen LogP contribution in [0.1, 0.15) is 39.3 Å². The van der Waals surface area contributed by atoms with Crippen LogP contribution in [0.5, 0.6) is 0 Å². The topological polar surface area (TPSA) is 111 Å². The molecule has 0 bridgehead atoms. The molecule has 0 radical (unpaired) electrons. The Hall–Kier alpha value is -3.95. The number of piperidine rings is 1. The molecule has 1 saturated heterocycles. The minimum atomic E-state index is -0.141. The second-order valence-corrected chi connectivity index (χ2v) is 8.38. The molecule has 1 fully saturated rings. The van der Waals surface area contributed by atoms with E-state index in [2.05, 4.69) is 20.5 Å². The van der Waals surface area contributed by atoms with Crippen molar-refractivity contribution in [2.45, 2.75) is 25.8 Å². The van der Waals surface area contributed by atoms with Gasteiger partial charge in [-0.25, -0.2) is 4.98 Å². The third kappa shape index (κ3) is 3.88. The molecule has 33 heavy (non-hydrogen) atoms. The van der Waals surface area contributed by atoms with E-state index in [1.165, 1.54) is 0 Å². The van der Waals surface area contributed by atoms with E-state index in [-0.39, 0.29) is 17.9 Å². The third-order valence-electron chi connectivity index (χ3n) is 6.06. The molecule has 170 valence electrons. The van der Waals surface area contributed by atoms with Crippen LogP contribution in [0.25, 0.3) is 22.5 Å². The molecular weight excluding hydrogens is 422 g/mol. The fraction of sp³-hybridized carbons (Fsp3) is 0.348. The summed E-state index contributed by atoms with van der Waals surface area (Å²) in [6, 6.07) is 5.41. The molecule has 0 aliphatic carbocycles. The van der Waals surface area contributed by atoms with Gasteiger partial charge in [0, 0.05) is 39.4 Å². The molecule has 1 aliphatic heterocycles. The summed E-state index contributed by atoms with van der Waals surface area (Å²) in [4.78, 5) is 32.5. The van der Waals surface area contributed by atoms with Crippen LogP contribution >= 0.6 is 0 Å². The first-order valence-electron chi connectivity index (χ1n) is 10.9. The number of likely N-dealkylation sites (tertiary alicyclic amines) is 1. The highest BCUT2D eigenvalue weighted by Crippen LogP contribution is 2.28. The van der Waals surface area contributed by atoms with E-state index < -0.39 is 0 Å². The highest BCUT2D eigenvalue weighted by Gasteiger charge is 2.28. The van der Waals surface area contributed by atoms with Crippen LogP contribution < -0.4 is 5.32 Å². The maximum atomic E-state index is 13.6. The molecule has 4 aromatic rings. The smallest absolute Gasteiger partial charge is 0.254 e. The molecule has 0 spiro atoms. The molecule has 0 saturated carbocycles. The first kappa shape index (κ1) is 20.9. The Balaban J connectivity index is 1.36. The molecular formula is C23H25N7O3. The lowest BCUT2D eigenvalue weighted by Crippen LogP contribution is -2.46. The largest absolute Gasteiger partial charge is 0.463 e. The number of rotatable bonds is 4. The molecule has 0 atom stereocenters. The van der Waals surface area contributed by atoms with Crippen molar-refractivity contribution in [1.29, 1.82) is 0 Å². The third-order valence-corrected chi connectivity index (χ3v) is 6.06. The summed E-state index contributed by atoms with van der Waals surface area (Å²) in [6.07, 6.45) is 6.19. The maximum absolute atomic E-state index is 13.6. The number of nitrogens with one attached hydrogen (secondary N) is 1. The number of carbonyl (C=O) groups is 2. The molecule has 10 nitrogen and oxygen atoms in total. The zero-order chi connectivity index (χ0) is 23.1. The monoisotopic (exact) mass is 447 g/mol. The number of fused-ring (bicyclic) bond motifs is 1. The summed E-state index contributed by atoms with van der Waals surface area (Å²) in [5.74, 6) is 0.391. The van der Waals surface area contributed by atoms with Crippen LogP contribution in [0.4, 0.5) is 0 Å². The summed E-state index contributed by atoms with van der Waals surface area (Å²) in [5, 5.41) is 12.3. The highest BCUT2D eigenvalue weighted by molar-refractivity contribution is 6.07.